The molecule has 1 aromatic rings. The van der Waals surface area contributed by atoms with Gasteiger partial charge in [-0.15, -0.1) is 0 Å². The maximum absolute atomic E-state index is 11.9. The summed E-state index contributed by atoms with van der Waals surface area (Å²) in [6, 6.07) is 6.03. The fourth-order valence-corrected chi connectivity index (χ4v) is 1.88. The van der Waals surface area contributed by atoms with E-state index in [2.05, 4.69) is 0 Å². The van der Waals surface area contributed by atoms with Crippen LogP contribution in [0.5, 0.6) is 0 Å². The van der Waals surface area contributed by atoms with Crippen LogP contribution in [0.4, 0.5) is 0 Å². The lowest BCUT2D eigenvalue weighted by Crippen LogP contribution is -2.24. The zero-order valence-corrected chi connectivity index (χ0v) is 13.9. The second kappa shape index (κ2) is 8.08. The standard InChI is InChI=1S/C17H24O6/c1-5-22-14(19)10-13(18)15(20)11-6-8-12(9-7-11)16(21)23-17(2,3)4/h6-9,13,15,18,20H,5,10H2,1-4H3. The second-order valence-electron chi connectivity index (χ2n) is 6.15. The first kappa shape index (κ1) is 19.1. The molecule has 0 aliphatic heterocycles. The van der Waals surface area contributed by atoms with Crippen LogP contribution in [0.2, 0.25) is 0 Å². The molecule has 0 radical (unpaired) electrons. The first-order valence-electron chi connectivity index (χ1n) is 7.49. The van der Waals surface area contributed by atoms with Crippen molar-refractivity contribution in [2.75, 3.05) is 6.61 Å². The van der Waals surface area contributed by atoms with E-state index in [4.69, 9.17) is 9.47 Å². The Balaban J connectivity index is 2.72. The molecule has 23 heavy (non-hydrogen) atoms. The van der Waals surface area contributed by atoms with Crippen molar-refractivity contribution in [1.82, 2.24) is 0 Å². The van der Waals surface area contributed by atoms with Gasteiger partial charge < -0.3 is 19.7 Å². The van der Waals surface area contributed by atoms with Gasteiger partial charge in [-0.25, -0.2) is 4.79 Å². The van der Waals surface area contributed by atoms with Crippen molar-refractivity contribution in [2.45, 2.75) is 51.9 Å². The van der Waals surface area contributed by atoms with Crippen LogP contribution in [-0.4, -0.2) is 40.5 Å². The van der Waals surface area contributed by atoms with Gasteiger partial charge in [-0.05, 0) is 45.4 Å². The molecule has 6 heteroatoms. The van der Waals surface area contributed by atoms with E-state index in [-0.39, 0.29) is 13.0 Å². The van der Waals surface area contributed by atoms with E-state index in [1.54, 1.807) is 27.7 Å². The summed E-state index contributed by atoms with van der Waals surface area (Å²) >= 11 is 0. The van der Waals surface area contributed by atoms with Crippen LogP contribution in [0, 0.1) is 0 Å². The van der Waals surface area contributed by atoms with Gasteiger partial charge in [-0.3, -0.25) is 4.79 Å². The first-order chi connectivity index (χ1) is 10.6. The van der Waals surface area contributed by atoms with Crippen LogP contribution in [-0.2, 0) is 14.3 Å². The van der Waals surface area contributed by atoms with E-state index in [0.29, 0.717) is 11.1 Å². The topological polar surface area (TPSA) is 93.1 Å². The SMILES string of the molecule is CCOC(=O)CC(O)C(O)c1ccc(C(=O)OC(C)(C)C)cc1. The van der Waals surface area contributed by atoms with Crippen LogP contribution in [0.25, 0.3) is 0 Å². The molecular formula is C17H24O6. The number of ether oxygens (including phenoxy) is 2. The third-order valence-corrected chi connectivity index (χ3v) is 2.93. The van der Waals surface area contributed by atoms with Crippen LogP contribution in [0.1, 0.15) is 56.1 Å². The zero-order chi connectivity index (χ0) is 17.6. The molecule has 2 unspecified atom stereocenters. The summed E-state index contributed by atoms with van der Waals surface area (Å²) in [5.74, 6) is -1.05. The molecule has 0 bridgehead atoms. The number of carbonyl (C=O) groups excluding carboxylic acids is 2. The smallest absolute Gasteiger partial charge is 0.338 e. The van der Waals surface area contributed by atoms with Crippen LogP contribution >= 0.6 is 0 Å². The highest BCUT2D eigenvalue weighted by atomic mass is 16.6. The average molecular weight is 324 g/mol. The quantitative estimate of drug-likeness (QED) is 0.777. The monoisotopic (exact) mass is 324 g/mol. The third-order valence-electron chi connectivity index (χ3n) is 2.93. The van der Waals surface area contributed by atoms with E-state index in [0.717, 1.165) is 0 Å². The highest BCUT2D eigenvalue weighted by molar-refractivity contribution is 5.89. The van der Waals surface area contributed by atoms with E-state index in [9.17, 15) is 19.8 Å². The highest BCUT2D eigenvalue weighted by Gasteiger charge is 2.23. The lowest BCUT2D eigenvalue weighted by atomic mass is 10.0. The predicted octanol–water partition coefficient (Wildman–Crippen LogP) is 1.99. The van der Waals surface area contributed by atoms with Gasteiger partial charge in [0, 0.05) is 0 Å². The van der Waals surface area contributed by atoms with Crippen molar-refractivity contribution in [3.63, 3.8) is 0 Å². The van der Waals surface area contributed by atoms with Gasteiger partial charge in [-0.1, -0.05) is 12.1 Å². The van der Waals surface area contributed by atoms with Gasteiger partial charge in [0.2, 0.25) is 0 Å². The summed E-state index contributed by atoms with van der Waals surface area (Å²) in [6.45, 7) is 7.20. The summed E-state index contributed by atoms with van der Waals surface area (Å²) in [5, 5.41) is 19.9. The molecule has 0 heterocycles. The molecular weight excluding hydrogens is 300 g/mol. The number of hydrogen-bond acceptors (Lipinski definition) is 6. The van der Waals surface area contributed by atoms with Gasteiger partial charge >= 0.3 is 11.9 Å². The largest absolute Gasteiger partial charge is 0.466 e. The number of carbonyl (C=O) groups is 2. The molecule has 2 atom stereocenters. The number of aliphatic hydroxyl groups excluding tert-OH is 2. The number of esters is 2. The lowest BCUT2D eigenvalue weighted by molar-refractivity contribution is -0.147. The molecule has 0 aromatic heterocycles. The Morgan fingerprint density at radius 2 is 1.70 bits per heavy atom. The van der Waals surface area contributed by atoms with E-state index < -0.39 is 29.7 Å². The van der Waals surface area contributed by atoms with E-state index in [1.807, 2.05) is 0 Å². The summed E-state index contributed by atoms with van der Waals surface area (Å²) in [6.07, 6.45) is -2.82. The van der Waals surface area contributed by atoms with E-state index in [1.165, 1.54) is 24.3 Å². The molecule has 1 rings (SSSR count). The zero-order valence-electron chi connectivity index (χ0n) is 13.9. The molecule has 128 valence electrons. The Kier molecular flexibility index (Phi) is 6.72. The molecule has 6 nitrogen and oxygen atoms in total. The number of hydrogen-bond donors (Lipinski definition) is 2. The molecule has 0 fully saturated rings. The molecule has 0 spiro atoms. The second-order valence-corrected chi connectivity index (χ2v) is 6.15. The summed E-state index contributed by atoms with van der Waals surface area (Å²) in [4.78, 5) is 23.2. The molecule has 0 amide bonds. The Morgan fingerprint density at radius 1 is 1.13 bits per heavy atom. The molecule has 1 aromatic carbocycles. The number of rotatable bonds is 6. The minimum atomic E-state index is -1.28. The minimum absolute atomic E-state index is 0.215. The van der Waals surface area contributed by atoms with Crippen molar-refractivity contribution >= 4 is 11.9 Å². The molecule has 0 aliphatic rings. The Bertz CT molecular complexity index is 529. The average Bonchev–Trinajstić information content (AvgIpc) is 2.45. The Labute approximate surface area is 136 Å². The molecule has 2 N–H and O–H groups in total. The van der Waals surface area contributed by atoms with Gasteiger partial charge in [-0.2, -0.15) is 0 Å². The van der Waals surface area contributed by atoms with Crippen molar-refractivity contribution in [3.8, 4) is 0 Å². The Hall–Kier alpha value is -1.92. The number of benzene rings is 1. The molecule has 0 saturated heterocycles. The maximum atomic E-state index is 11.9. The highest BCUT2D eigenvalue weighted by Crippen LogP contribution is 2.21. The molecule has 0 aliphatic carbocycles. The van der Waals surface area contributed by atoms with E-state index >= 15 is 0 Å². The summed E-state index contributed by atoms with van der Waals surface area (Å²) in [7, 11) is 0. The fourth-order valence-electron chi connectivity index (χ4n) is 1.88. The first-order valence-corrected chi connectivity index (χ1v) is 7.49. The number of aliphatic hydroxyl groups is 2. The maximum Gasteiger partial charge on any atom is 0.338 e. The van der Waals surface area contributed by atoms with Crippen LogP contribution in [0.3, 0.4) is 0 Å². The van der Waals surface area contributed by atoms with Crippen LogP contribution < -0.4 is 0 Å². The van der Waals surface area contributed by atoms with Crippen molar-refractivity contribution in [1.29, 1.82) is 0 Å². The normalized spacial score (nSPS) is 14.0. The van der Waals surface area contributed by atoms with Crippen molar-refractivity contribution in [2.24, 2.45) is 0 Å². The van der Waals surface area contributed by atoms with Gasteiger partial charge in [0.05, 0.1) is 24.7 Å². The summed E-state index contributed by atoms with van der Waals surface area (Å²) in [5.41, 5.74) is 0.148. The predicted molar refractivity (Wildman–Crippen MR) is 83.8 cm³/mol. The van der Waals surface area contributed by atoms with Crippen LogP contribution in [0.15, 0.2) is 24.3 Å². The fraction of sp³-hybridized carbons (Fsp3) is 0.529. The van der Waals surface area contributed by atoms with Crippen molar-refractivity contribution in [3.05, 3.63) is 35.4 Å². The Morgan fingerprint density at radius 3 is 2.17 bits per heavy atom. The van der Waals surface area contributed by atoms with Gasteiger partial charge in [0.15, 0.2) is 0 Å². The minimum Gasteiger partial charge on any atom is -0.466 e. The summed E-state index contributed by atoms with van der Waals surface area (Å²) < 4.78 is 9.96. The molecule has 0 saturated carbocycles. The lowest BCUT2D eigenvalue weighted by Gasteiger charge is -2.20. The van der Waals surface area contributed by atoms with Crippen molar-refractivity contribution < 1.29 is 29.3 Å². The van der Waals surface area contributed by atoms with Gasteiger partial charge in [0.1, 0.15) is 11.7 Å². The third kappa shape index (κ3) is 6.38. The van der Waals surface area contributed by atoms with Gasteiger partial charge in [0.25, 0.3) is 0 Å².